The molecule has 1 aromatic rings. The van der Waals surface area contributed by atoms with Gasteiger partial charge in [0.25, 0.3) is 0 Å². The van der Waals surface area contributed by atoms with Crippen LogP contribution in [0.15, 0.2) is 18.5 Å². The third kappa shape index (κ3) is 0.886. The first kappa shape index (κ1) is 6.61. The second kappa shape index (κ2) is 2.20. The van der Waals surface area contributed by atoms with Gasteiger partial charge in [0.2, 0.25) is 0 Å². The van der Waals surface area contributed by atoms with Crippen molar-refractivity contribution >= 4 is 5.69 Å². The predicted octanol–water partition coefficient (Wildman–Crippen LogP) is 0.878. The molecule has 0 saturated carbocycles. The normalized spacial score (nSPS) is 17.1. The minimum Gasteiger partial charge on any atom is -0.307 e. The zero-order valence-corrected chi connectivity index (χ0v) is 6.78. The van der Waals surface area contributed by atoms with Gasteiger partial charge in [0.15, 0.2) is 0 Å². The highest BCUT2D eigenvalue weighted by molar-refractivity contribution is 5.53. The molecule has 2 heterocycles. The van der Waals surface area contributed by atoms with Crippen molar-refractivity contribution in [3.05, 3.63) is 24.0 Å². The minimum absolute atomic E-state index is 0.994. The molecule has 0 aromatic carbocycles. The van der Waals surface area contributed by atoms with Gasteiger partial charge in [0.1, 0.15) is 0 Å². The Morgan fingerprint density at radius 2 is 2.27 bits per heavy atom. The van der Waals surface area contributed by atoms with E-state index >= 15 is 0 Å². The molecule has 0 atom stereocenters. The molecule has 0 fully saturated rings. The average molecular weight is 149 g/mol. The molecule has 11 heavy (non-hydrogen) atoms. The van der Waals surface area contributed by atoms with E-state index in [2.05, 4.69) is 28.1 Å². The van der Waals surface area contributed by atoms with Gasteiger partial charge < -0.3 is 5.01 Å². The summed E-state index contributed by atoms with van der Waals surface area (Å²) in [5, 5.41) is 4.27. The molecule has 1 aliphatic rings. The van der Waals surface area contributed by atoms with Crippen LogP contribution in [0.2, 0.25) is 0 Å². The molecule has 58 valence electrons. The fourth-order valence-electron chi connectivity index (χ4n) is 1.38. The maximum atomic E-state index is 4.07. The van der Waals surface area contributed by atoms with E-state index in [9.17, 15) is 0 Å². The second-order valence-electron chi connectivity index (χ2n) is 2.84. The van der Waals surface area contributed by atoms with Gasteiger partial charge >= 0.3 is 0 Å². The van der Waals surface area contributed by atoms with Gasteiger partial charge in [-0.3, -0.25) is 4.98 Å². The summed E-state index contributed by atoms with van der Waals surface area (Å²) in [6.07, 6.45) is 3.74. The van der Waals surface area contributed by atoms with E-state index < -0.39 is 0 Å². The van der Waals surface area contributed by atoms with Crippen LogP contribution in [0.3, 0.4) is 0 Å². The van der Waals surface area contributed by atoms with Crippen LogP contribution in [0, 0.1) is 0 Å². The van der Waals surface area contributed by atoms with Crippen LogP contribution in [0.5, 0.6) is 0 Å². The van der Waals surface area contributed by atoms with Crippen LogP contribution in [-0.2, 0) is 6.54 Å². The zero-order valence-electron chi connectivity index (χ0n) is 6.78. The third-order valence-electron chi connectivity index (χ3n) is 2.15. The first-order valence-electron chi connectivity index (χ1n) is 3.66. The lowest BCUT2D eigenvalue weighted by atomic mass is 10.2. The molecule has 2 rings (SSSR count). The van der Waals surface area contributed by atoms with Crippen LogP contribution in [0.1, 0.15) is 5.56 Å². The number of hydrogen-bond donors (Lipinski definition) is 0. The number of anilines is 1. The molecule has 3 nitrogen and oxygen atoms in total. The molecule has 0 amide bonds. The van der Waals surface area contributed by atoms with E-state index in [0.29, 0.717) is 0 Å². The van der Waals surface area contributed by atoms with Crippen molar-refractivity contribution < 1.29 is 0 Å². The van der Waals surface area contributed by atoms with Crippen molar-refractivity contribution in [3.63, 3.8) is 0 Å². The average Bonchev–Trinajstić information content (AvgIpc) is 2.30. The molecular formula is C8H11N3. The lowest BCUT2D eigenvalue weighted by Gasteiger charge is -2.20. The lowest BCUT2D eigenvalue weighted by molar-refractivity contribution is 0.345. The number of hydrazine groups is 1. The second-order valence-corrected chi connectivity index (χ2v) is 2.84. The van der Waals surface area contributed by atoms with Crippen LogP contribution in [-0.4, -0.2) is 24.1 Å². The molecule has 0 spiro atoms. The Hall–Kier alpha value is -1.09. The molecule has 0 bridgehead atoms. The van der Waals surface area contributed by atoms with Gasteiger partial charge in [-0.05, 0) is 11.6 Å². The van der Waals surface area contributed by atoms with Crippen LogP contribution >= 0.6 is 0 Å². The number of nitrogens with zero attached hydrogens (tertiary/aromatic N) is 3. The Labute approximate surface area is 66.2 Å². The highest BCUT2D eigenvalue weighted by Crippen LogP contribution is 2.26. The summed E-state index contributed by atoms with van der Waals surface area (Å²) < 4.78 is 0. The third-order valence-corrected chi connectivity index (χ3v) is 2.15. The fourth-order valence-corrected chi connectivity index (χ4v) is 1.38. The SMILES string of the molecule is CN1Cc2ccncc2N1C. The van der Waals surface area contributed by atoms with Crippen molar-refractivity contribution in [1.29, 1.82) is 0 Å². The van der Waals surface area contributed by atoms with Crippen molar-refractivity contribution in [1.82, 2.24) is 9.99 Å². The van der Waals surface area contributed by atoms with Crippen molar-refractivity contribution in [2.75, 3.05) is 19.1 Å². The smallest absolute Gasteiger partial charge is 0.0747 e. The molecule has 0 aliphatic carbocycles. The molecule has 0 saturated heterocycles. The fraction of sp³-hybridized carbons (Fsp3) is 0.375. The Bertz CT molecular complexity index is 272. The van der Waals surface area contributed by atoms with Crippen LogP contribution in [0.25, 0.3) is 0 Å². The molecule has 0 N–H and O–H groups in total. The largest absolute Gasteiger partial charge is 0.307 e. The summed E-state index contributed by atoms with van der Waals surface area (Å²) in [4.78, 5) is 4.07. The van der Waals surface area contributed by atoms with E-state index in [1.165, 1.54) is 11.3 Å². The number of pyridine rings is 1. The summed E-state index contributed by atoms with van der Waals surface area (Å²) in [7, 11) is 4.12. The first-order valence-corrected chi connectivity index (χ1v) is 3.66. The lowest BCUT2D eigenvalue weighted by Crippen LogP contribution is -2.29. The summed E-state index contributed by atoms with van der Waals surface area (Å²) in [5.74, 6) is 0. The molecular weight excluding hydrogens is 138 g/mol. The monoisotopic (exact) mass is 149 g/mol. The van der Waals surface area contributed by atoms with E-state index in [4.69, 9.17) is 0 Å². The standard InChI is InChI=1S/C8H11N3/c1-10-6-7-3-4-9-5-8(7)11(10)2/h3-5H,6H2,1-2H3. The molecule has 0 radical (unpaired) electrons. The van der Waals surface area contributed by atoms with Gasteiger partial charge in [0.05, 0.1) is 11.9 Å². The summed E-state index contributed by atoms with van der Waals surface area (Å²) in [6, 6.07) is 2.06. The summed E-state index contributed by atoms with van der Waals surface area (Å²) in [5.41, 5.74) is 2.57. The maximum Gasteiger partial charge on any atom is 0.0747 e. The predicted molar refractivity (Wildman–Crippen MR) is 44.1 cm³/mol. The number of fused-ring (bicyclic) bond motifs is 1. The van der Waals surface area contributed by atoms with Gasteiger partial charge in [0, 0.05) is 26.8 Å². The highest BCUT2D eigenvalue weighted by Gasteiger charge is 2.19. The Morgan fingerprint density at radius 1 is 1.45 bits per heavy atom. The van der Waals surface area contributed by atoms with Crippen LogP contribution in [0.4, 0.5) is 5.69 Å². The van der Waals surface area contributed by atoms with Gasteiger partial charge in [-0.1, -0.05) is 0 Å². The quantitative estimate of drug-likeness (QED) is 0.546. The van der Waals surface area contributed by atoms with Crippen molar-refractivity contribution in [2.24, 2.45) is 0 Å². The van der Waals surface area contributed by atoms with Crippen LogP contribution < -0.4 is 5.01 Å². The van der Waals surface area contributed by atoms with Gasteiger partial charge in [-0.2, -0.15) is 0 Å². The van der Waals surface area contributed by atoms with E-state index in [1.807, 2.05) is 19.4 Å². The Balaban J connectivity index is 2.47. The zero-order chi connectivity index (χ0) is 7.84. The summed E-state index contributed by atoms with van der Waals surface area (Å²) >= 11 is 0. The molecule has 1 aliphatic heterocycles. The summed E-state index contributed by atoms with van der Waals surface area (Å²) in [6.45, 7) is 0.994. The molecule has 3 heteroatoms. The van der Waals surface area contributed by atoms with Crippen molar-refractivity contribution in [2.45, 2.75) is 6.54 Å². The van der Waals surface area contributed by atoms with Gasteiger partial charge in [-0.25, -0.2) is 5.01 Å². The van der Waals surface area contributed by atoms with Gasteiger partial charge in [-0.15, -0.1) is 0 Å². The van der Waals surface area contributed by atoms with E-state index in [1.54, 1.807) is 0 Å². The van der Waals surface area contributed by atoms with Crippen molar-refractivity contribution in [3.8, 4) is 0 Å². The van der Waals surface area contributed by atoms with E-state index in [0.717, 1.165) is 6.54 Å². The number of hydrogen-bond acceptors (Lipinski definition) is 3. The maximum absolute atomic E-state index is 4.07. The van der Waals surface area contributed by atoms with E-state index in [-0.39, 0.29) is 0 Å². The minimum atomic E-state index is 0.994. The topological polar surface area (TPSA) is 19.4 Å². The number of aromatic nitrogens is 1. The Morgan fingerprint density at radius 3 is 3.00 bits per heavy atom. The Kier molecular flexibility index (Phi) is 1.32. The molecule has 0 unspecified atom stereocenters. The molecule has 1 aromatic heterocycles. The first-order chi connectivity index (χ1) is 5.29. The highest BCUT2D eigenvalue weighted by atomic mass is 15.6. The number of rotatable bonds is 0.